The fraction of sp³-hybridized carbons (Fsp3) is 1.00. The van der Waals surface area contributed by atoms with E-state index in [1.54, 1.807) is 6.66 Å². The molecule has 0 amide bonds. The van der Waals surface area contributed by atoms with Crippen LogP contribution in [0.3, 0.4) is 0 Å². The second-order valence-electron chi connectivity index (χ2n) is 1.95. The molecule has 0 aromatic carbocycles. The minimum Gasteiger partial charge on any atom is -0.207 e. The van der Waals surface area contributed by atoms with E-state index in [0.29, 0.717) is 14.7 Å². The van der Waals surface area contributed by atoms with Gasteiger partial charge in [-0.25, -0.2) is 13.1 Å². The third-order valence-corrected chi connectivity index (χ3v) is 2.92. The molecule has 0 aromatic rings. The van der Waals surface area contributed by atoms with Crippen molar-refractivity contribution in [2.45, 2.75) is 5.51 Å². The van der Waals surface area contributed by atoms with Crippen molar-refractivity contribution in [3.8, 4) is 0 Å². The summed E-state index contributed by atoms with van der Waals surface area (Å²) in [6.45, 7) is 1.62. The van der Waals surface area contributed by atoms with Crippen LogP contribution in [0.4, 0.5) is 13.2 Å². The molecule has 0 radical (unpaired) electrons. The van der Waals surface area contributed by atoms with Crippen molar-refractivity contribution in [3.63, 3.8) is 0 Å². The minimum atomic E-state index is -5.19. The van der Waals surface area contributed by atoms with E-state index in [2.05, 4.69) is 0 Å². The molecule has 0 spiro atoms. The predicted molar refractivity (Wildman–Crippen MR) is 42.1 cm³/mol. The lowest BCUT2D eigenvalue weighted by Gasteiger charge is -2.08. The van der Waals surface area contributed by atoms with E-state index in [-0.39, 0.29) is 6.54 Å². The molecule has 0 rings (SSSR count). The highest BCUT2D eigenvalue weighted by Gasteiger charge is 2.45. The van der Waals surface area contributed by atoms with Crippen LogP contribution in [-0.4, -0.2) is 33.3 Å². The highest BCUT2D eigenvalue weighted by Crippen LogP contribution is 2.21. The van der Waals surface area contributed by atoms with E-state index in [9.17, 15) is 21.6 Å². The highest BCUT2D eigenvalue weighted by atomic mass is 32.2. The molecule has 1 atom stereocenters. The maximum atomic E-state index is 11.6. The Kier molecular flexibility index (Phi) is 4.44. The van der Waals surface area contributed by atoms with Gasteiger partial charge in [-0.15, -0.1) is 8.58 Å². The van der Waals surface area contributed by atoms with Crippen molar-refractivity contribution in [2.24, 2.45) is 0 Å². The Balaban J connectivity index is 4.08. The summed E-state index contributed by atoms with van der Waals surface area (Å²) in [5.41, 5.74) is -5.19. The Labute approximate surface area is 70.6 Å². The molecule has 0 fully saturated rings. The number of sulfonamides is 1. The largest absolute Gasteiger partial charge is 0.511 e. The second-order valence-corrected chi connectivity index (χ2v) is 4.91. The maximum Gasteiger partial charge on any atom is 0.511 e. The van der Waals surface area contributed by atoms with Gasteiger partial charge in [0.2, 0.25) is 0 Å². The van der Waals surface area contributed by atoms with Gasteiger partial charge in [0.15, 0.2) is 0 Å². The quantitative estimate of drug-likeness (QED) is 0.564. The van der Waals surface area contributed by atoms with Gasteiger partial charge < -0.3 is 0 Å². The first-order valence-electron chi connectivity index (χ1n) is 3.02. The average molecular weight is 223 g/mol. The van der Waals surface area contributed by atoms with Crippen LogP contribution in [0, 0.1) is 0 Å². The standard InChI is InChI=1S/C4H9F3NO2PS/c1-11-3-2-8-12(9,10)4(5,6)7/h8,11H,2-3H2,1H3. The van der Waals surface area contributed by atoms with Crippen LogP contribution in [-0.2, 0) is 10.0 Å². The first-order chi connectivity index (χ1) is 5.31. The lowest BCUT2D eigenvalue weighted by molar-refractivity contribution is -0.0447. The van der Waals surface area contributed by atoms with Crippen LogP contribution in [0.25, 0.3) is 0 Å². The molecule has 0 aliphatic carbocycles. The van der Waals surface area contributed by atoms with Gasteiger partial charge in [0, 0.05) is 6.54 Å². The normalized spacial score (nSPS) is 14.3. The van der Waals surface area contributed by atoms with Crippen molar-refractivity contribution < 1.29 is 21.6 Å². The Morgan fingerprint density at radius 3 is 2.25 bits per heavy atom. The molecule has 1 unspecified atom stereocenters. The fourth-order valence-electron chi connectivity index (χ4n) is 0.392. The van der Waals surface area contributed by atoms with Crippen LogP contribution < -0.4 is 4.72 Å². The van der Waals surface area contributed by atoms with E-state index in [1.165, 1.54) is 4.72 Å². The summed E-state index contributed by atoms with van der Waals surface area (Å²) < 4.78 is 56.9. The van der Waals surface area contributed by atoms with Gasteiger partial charge in [0.05, 0.1) is 0 Å². The van der Waals surface area contributed by atoms with Crippen LogP contribution in [0.2, 0.25) is 0 Å². The molecular weight excluding hydrogens is 214 g/mol. The summed E-state index contributed by atoms with van der Waals surface area (Å²) in [6, 6.07) is 0. The lowest BCUT2D eigenvalue weighted by Crippen LogP contribution is -2.37. The van der Waals surface area contributed by atoms with Crippen LogP contribution in [0.15, 0.2) is 0 Å². The topological polar surface area (TPSA) is 46.2 Å². The predicted octanol–water partition coefficient (Wildman–Crippen LogP) is 0.734. The molecule has 0 aliphatic heterocycles. The van der Waals surface area contributed by atoms with Crippen LogP contribution in [0.1, 0.15) is 0 Å². The van der Waals surface area contributed by atoms with E-state index < -0.39 is 15.5 Å². The first-order valence-corrected chi connectivity index (χ1v) is 6.21. The number of alkyl halides is 3. The number of nitrogens with one attached hydrogen (secondary N) is 1. The Hall–Kier alpha value is 0.130. The monoisotopic (exact) mass is 223 g/mol. The number of halogens is 3. The molecule has 0 saturated carbocycles. The molecule has 0 bridgehead atoms. The highest BCUT2D eigenvalue weighted by molar-refractivity contribution is 7.90. The zero-order valence-electron chi connectivity index (χ0n) is 6.27. The van der Waals surface area contributed by atoms with Crippen LogP contribution in [0.5, 0.6) is 0 Å². The summed E-state index contributed by atoms with van der Waals surface area (Å²) >= 11 is 0. The van der Waals surface area contributed by atoms with Gasteiger partial charge in [-0.05, 0) is 12.8 Å². The lowest BCUT2D eigenvalue weighted by atomic mass is 10.8. The summed E-state index contributed by atoms with van der Waals surface area (Å²) in [4.78, 5) is 0. The van der Waals surface area contributed by atoms with Gasteiger partial charge in [-0.2, -0.15) is 13.2 Å². The molecule has 8 heteroatoms. The van der Waals surface area contributed by atoms with Crippen molar-refractivity contribution >= 4 is 18.6 Å². The number of rotatable bonds is 4. The van der Waals surface area contributed by atoms with E-state index in [1.807, 2.05) is 0 Å². The number of hydrogen-bond acceptors (Lipinski definition) is 2. The minimum absolute atomic E-state index is 0.156. The van der Waals surface area contributed by atoms with Crippen LogP contribution >= 0.6 is 8.58 Å². The summed E-state index contributed by atoms with van der Waals surface area (Å²) in [6.07, 6.45) is 0.426. The Bertz CT molecular complexity index is 225. The first kappa shape index (κ1) is 12.1. The molecule has 12 heavy (non-hydrogen) atoms. The average Bonchev–Trinajstić information content (AvgIpc) is 1.85. The van der Waals surface area contributed by atoms with Crippen molar-refractivity contribution in [2.75, 3.05) is 19.4 Å². The van der Waals surface area contributed by atoms with Crippen molar-refractivity contribution in [3.05, 3.63) is 0 Å². The third kappa shape index (κ3) is 3.69. The van der Waals surface area contributed by atoms with E-state index >= 15 is 0 Å². The van der Waals surface area contributed by atoms with Crippen molar-refractivity contribution in [1.29, 1.82) is 0 Å². The molecule has 0 aromatic heterocycles. The summed E-state index contributed by atoms with van der Waals surface area (Å²) in [5, 5.41) is 0. The Morgan fingerprint density at radius 2 is 1.92 bits per heavy atom. The summed E-state index contributed by atoms with van der Waals surface area (Å²) in [5.74, 6) is 0. The van der Waals surface area contributed by atoms with Gasteiger partial charge in [0.25, 0.3) is 0 Å². The maximum absolute atomic E-state index is 11.6. The summed E-state index contributed by atoms with van der Waals surface area (Å²) in [7, 11) is -4.68. The van der Waals surface area contributed by atoms with E-state index in [0.717, 1.165) is 0 Å². The van der Waals surface area contributed by atoms with Gasteiger partial charge in [-0.1, -0.05) is 0 Å². The fourth-order valence-corrected chi connectivity index (χ4v) is 1.48. The molecule has 0 aliphatic rings. The van der Waals surface area contributed by atoms with E-state index in [4.69, 9.17) is 0 Å². The van der Waals surface area contributed by atoms with Gasteiger partial charge in [-0.3, -0.25) is 0 Å². The molecular formula is C4H9F3NO2PS. The molecule has 1 N–H and O–H groups in total. The Morgan fingerprint density at radius 1 is 1.42 bits per heavy atom. The molecule has 0 saturated heterocycles. The smallest absolute Gasteiger partial charge is 0.207 e. The molecule has 3 nitrogen and oxygen atoms in total. The third-order valence-electron chi connectivity index (χ3n) is 0.972. The van der Waals surface area contributed by atoms with Crippen molar-refractivity contribution in [1.82, 2.24) is 4.72 Å². The zero-order chi connectivity index (χ0) is 9.83. The van der Waals surface area contributed by atoms with Gasteiger partial charge >= 0.3 is 15.5 Å². The molecule has 74 valence electrons. The number of hydrogen-bond donors (Lipinski definition) is 1. The molecule has 0 heterocycles. The second kappa shape index (κ2) is 4.39. The van der Waals surface area contributed by atoms with Gasteiger partial charge in [0.1, 0.15) is 0 Å². The zero-order valence-corrected chi connectivity index (χ0v) is 8.09. The SMILES string of the molecule is CPCCNS(=O)(=O)C(F)(F)F.